The molecule has 0 bridgehead atoms. The molecule has 5 nitrogen and oxygen atoms in total. The quantitative estimate of drug-likeness (QED) is 0.733. The van der Waals surface area contributed by atoms with E-state index in [-0.39, 0.29) is 12.5 Å². The number of rotatable bonds is 6. The molecule has 2 N–H and O–H groups in total. The van der Waals surface area contributed by atoms with Gasteiger partial charge in [0.1, 0.15) is 5.82 Å². The number of amides is 1. The van der Waals surface area contributed by atoms with E-state index in [0.29, 0.717) is 17.9 Å². The van der Waals surface area contributed by atoms with E-state index in [0.717, 1.165) is 23.0 Å². The van der Waals surface area contributed by atoms with E-state index in [1.54, 1.807) is 24.3 Å². The maximum Gasteiger partial charge on any atom is 0.424 e. The maximum atomic E-state index is 13.6. The number of halogens is 4. The van der Waals surface area contributed by atoms with Crippen molar-refractivity contribution < 1.29 is 23.1 Å². The zero-order valence-electron chi connectivity index (χ0n) is 16.0. The number of alkyl halides is 3. The molecule has 9 heteroatoms. The molecule has 0 spiro atoms. The number of carbonyl (C=O) groups is 1. The highest BCUT2D eigenvalue weighted by Crippen LogP contribution is 2.43. The monoisotopic (exact) mass is 429 g/mol. The van der Waals surface area contributed by atoms with Crippen LogP contribution in [-0.4, -0.2) is 33.3 Å². The Labute approximate surface area is 171 Å². The van der Waals surface area contributed by atoms with Gasteiger partial charge in [-0.3, -0.25) is 4.79 Å². The van der Waals surface area contributed by atoms with E-state index < -0.39 is 29.4 Å². The van der Waals surface area contributed by atoms with Crippen LogP contribution in [0, 0.1) is 0 Å². The molecule has 158 valence electrons. The first kappa shape index (κ1) is 21.6. The number of imidazole rings is 1. The molecule has 0 saturated heterocycles. The molecule has 0 aliphatic heterocycles. The van der Waals surface area contributed by atoms with Gasteiger partial charge in [-0.05, 0) is 30.5 Å². The predicted molar refractivity (Wildman–Crippen MR) is 102 cm³/mol. The third-order valence-corrected chi connectivity index (χ3v) is 5.97. The van der Waals surface area contributed by atoms with Crippen LogP contribution in [0.15, 0.2) is 36.7 Å². The summed E-state index contributed by atoms with van der Waals surface area (Å²) in [6.07, 6.45) is -0.197. The van der Waals surface area contributed by atoms with Gasteiger partial charge < -0.3 is 15.0 Å². The lowest BCUT2D eigenvalue weighted by Gasteiger charge is -2.32. The first-order valence-corrected chi connectivity index (χ1v) is 9.79. The fourth-order valence-electron chi connectivity index (χ4n) is 4.06. The maximum absolute atomic E-state index is 13.6. The second kappa shape index (κ2) is 7.99. The molecule has 1 aliphatic carbocycles. The van der Waals surface area contributed by atoms with Crippen LogP contribution in [0.2, 0.25) is 5.02 Å². The van der Waals surface area contributed by atoms with Gasteiger partial charge >= 0.3 is 6.18 Å². The van der Waals surface area contributed by atoms with Crippen LogP contribution in [-0.2, 0) is 22.9 Å². The molecule has 29 heavy (non-hydrogen) atoms. The lowest BCUT2D eigenvalue weighted by atomic mass is 9.78. The van der Waals surface area contributed by atoms with Gasteiger partial charge in [0, 0.05) is 37.4 Å². The van der Waals surface area contributed by atoms with Crippen molar-refractivity contribution in [3.05, 3.63) is 53.1 Å². The lowest BCUT2D eigenvalue weighted by Crippen LogP contribution is -2.48. The van der Waals surface area contributed by atoms with Crippen molar-refractivity contribution in [1.29, 1.82) is 0 Å². The number of nitrogens with zero attached hydrogens (tertiary/aromatic N) is 2. The van der Waals surface area contributed by atoms with Gasteiger partial charge in [-0.25, -0.2) is 4.98 Å². The van der Waals surface area contributed by atoms with E-state index in [9.17, 15) is 23.1 Å². The third-order valence-electron chi connectivity index (χ3n) is 5.72. The Morgan fingerprint density at radius 3 is 2.41 bits per heavy atom. The van der Waals surface area contributed by atoms with Crippen LogP contribution in [0.1, 0.15) is 43.5 Å². The van der Waals surface area contributed by atoms with Crippen molar-refractivity contribution in [2.45, 2.75) is 49.3 Å². The Morgan fingerprint density at radius 2 is 1.90 bits per heavy atom. The molecule has 1 aromatic carbocycles. The molecule has 1 atom stereocenters. The summed E-state index contributed by atoms with van der Waals surface area (Å²) in [6.45, 7) is -0.336. The predicted octanol–water partition coefficient (Wildman–Crippen LogP) is 3.84. The third kappa shape index (κ3) is 4.00. The number of hydrogen-bond acceptors (Lipinski definition) is 3. The van der Waals surface area contributed by atoms with Gasteiger partial charge in [0.15, 0.2) is 0 Å². The topological polar surface area (TPSA) is 67.2 Å². The van der Waals surface area contributed by atoms with Crippen molar-refractivity contribution >= 4 is 17.5 Å². The normalized spacial score (nSPS) is 18.4. The highest BCUT2D eigenvalue weighted by molar-refractivity contribution is 6.30. The fraction of sp³-hybridized carbons (Fsp3) is 0.500. The van der Waals surface area contributed by atoms with Gasteiger partial charge in [-0.15, -0.1) is 0 Å². The summed E-state index contributed by atoms with van der Waals surface area (Å²) in [5.74, 6) is -0.839. The van der Waals surface area contributed by atoms with Gasteiger partial charge in [-0.1, -0.05) is 36.6 Å². The Hall–Kier alpha value is -2.06. The van der Waals surface area contributed by atoms with Crippen molar-refractivity contribution in [2.24, 2.45) is 7.05 Å². The minimum atomic E-state index is -4.93. The highest BCUT2D eigenvalue weighted by Gasteiger charge is 2.57. The number of aryl methyl sites for hydroxylation is 1. The Balaban J connectivity index is 1.76. The number of nitrogens with one attached hydrogen (secondary N) is 1. The molecule has 1 fully saturated rings. The summed E-state index contributed by atoms with van der Waals surface area (Å²) < 4.78 is 42.0. The van der Waals surface area contributed by atoms with E-state index in [1.807, 2.05) is 0 Å². The minimum absolute atomic E-state index is 0.332. The van der Waals surface area contributed by atoms with E-state index >= 15 is 0 Å². The summed E-state index contributed by atoms with van der Waals surface area (Å²) in [7, 11) is 1.38. The number of hydrogen-bond donors (Lipinski definition) is 2. The molecule has 1 heterocycles. The van der Waals surface area contributed by atoms with Gasteiger partial charge in [0.25, 0.3) is 0 Å². The molecule has 1 amide bonds. The summed E-state index contributed by atoms with van der Waals surface area (Å²) in [6, 6.07) is 6.97. The molecule has 1 saturated carbocycles. The average Bonchev–Trinajstić information content (AvgIpc) is 3.31. The Kier molecular flexibility index (Phi) is 5.96. The number of aliphatic hydroxyl groups is 1. The van der Waals surface area contributed by atoms with Crippen molar-refractivity contribution in [2.75, 3.05) is 6.54 Å². The summed E-state index contributed by atoms with van der Waals surface area (Å²) >= 11 is 5.94. The summed E-state index contributed by atoms with van der Waals surface area (Å²) in [5.41, 5.74) is -3.14. The zero-order valence-corrected chi connectivity index (χ0v) is 16.7. The van der Waals surface area contributed by atoms with Gasteiger partial charge in [0.2, 0.25) is 11.5 Å². The van der Waals surface area contributed by atoms with Gasteiger partial charge in [-0.2, -0.15) is 13.2 Å². The highest BCUT2D eigenvalue weighted by atomic mass is 35.5. The first-order valence-electron chi connectivity index (χ1n) is 9.41. The van der Waals surface area contributed by atoms with E-state index in [2.05, 4.69) is 10.3 Å². The van der Waals surface area contributed by atoms with Crippen molar-refractivity contribution in [3.63, 3.8) is 0 Å². The van der Waals surface area contributed by atoms with Crippen molar-refractivity contribution in [1.82, 2.24) is 14.9 Å². The zero-order chi connectivity index (χ0) is 21.3. The molecule has 1 unspecified atom stereocenters. The standard InChI is InChI=1S/C20H23ClF3N3O2/c1-27-13-12-25-16(27)19(29,20(22,23)24)10-11-26-17(28)18(8-2-3-9-18)14-4-6-15(21)7-5-14/h4-7,12-13,29H,2-3,8-11H2,1H3,(H,26,28). The van der Waals surface area contributed by atoms with E-state index in [4.69, 9.17) is 11.6 Å². The van der Waals surface area contributed by atoms with Crippen LogP contribution in [0.3, 0.4) is 0 Å². The lowest BCUT2D eigenvalue weighted by molar-refractivity contribution is -0.272. The molecule has 1 aliphatic rings. The number of benzene rings is 1. The summed E-state index contributed by atoms with van der Waals surface area (Å²) in [4.78, 5) is 16.7. The largest absolute Gasteiger partial charge is 0.424 e. The number of aromatic nitrogens is 2. The van der Waals surface area contributed by atoms with Crippen LogP contribution in [0.5, 0.6) is 0 Å². The molecule has 1 aromatic heterocycles. The van der Waals surface area contributed by atoms with Crippen LogP contribution < -0.4 is 5.32 Å². The fourth-order valence-corrected chi connectivity index (χ4v) is 4.19. The van der Waals surface area contributed by atoms with Gasteiger partial charge in [0.05, 0.1) is 5.41 Å². The first-order chi connectivity index (χ1) is 13.6. The molecular weight excluding hydrogens is 407 g/mol. The Morgan fingerprint density at radius 1 is 1.28 bits per heavy atom. The minimum Gasteiger partial charge on any atom is -0.374 e. The molecular formula is C20H23ClF3N3O2. The second-order valence-electron chi connectivity index (χ2n) is 7.52. The Bertz CT molecular complexity index is 861. The molecule has 0 radical (unpaired) electrons. The van der Waals surface area contributed by atoms with Crippen molar-refractivity contribution in [3.8, 4) is 0 Å². The SMILES string of the molecule is Cn1ccnc1C(O)(CCNC(=O)C1(c2ccc(Cl)cc2)CCCC1)C(F)(F)F. The van der Waals surface area contributed by atoms with E-state index in [1.165, 1.54) is 19.4 Å². The second-order valence-corrected chi connectivity index (χ2v) is 7.96. The van der Waals surface area contributed by atoms with Crippen LogP contribution in [0.25, 0.3) is 0 Å². The van der Waals surface area contributed by atoms with Crippen LogP contribution >= 0.6 is 11.6 Å². The smallest absolute Gasteiger partial charge is 0.374 e. The molecule has 3 rings (SSSR count). The molecule has 2 aromatic rings. The van der Waals surface area contributed by atoms with Crippen LogP contribution in [0.4, 0.5) is 13.2 Å². The number of carbonyl (C=O) groups excluding carboxylic acids is 1. The summed E-state index contributed by atoms with van der Waals surface area (Å²) in [5, 5.41) is 13.6. The average molecular weight is 430 g/mol.